The Labute approximate surface area is 281 Å². The molecule has 0 saturated carbocycles. The number of methoxy groups -OCH3 is 1. The van der Waals surface area contributed by atoms with E-state index in [9.17, 15) is 14.4 Å². The van der Waals surface area contributed by atoms with E-state index < -0.39 is 11.9 Å². The van der Waals surface area contributed by atoms with Crippen molar-refractivity contribution in [3.63, 3.8) is 0 Å². The van der Waals surface area contributed by atoms with Crippen LogP contribution in [0.3, 0.4) is 0 Å². The third kappa shape index (κ3) is 5.49. The number of Topliss-reactive ketones (excluding diaryl/α,β-unsaturated/α-hetero) is 1. The normalized spacial score (nSPS) is 23.4. The molecule has 0 amide bonds. The van der Waals surface area contributed by atoms with Gasteiger partial charge in [-0.1, -0.05) is 19.4 Å². The number of nitrogens with one attached hydrogen (secondary N) is 4. The van der Waals surface area contributed by atoms with Crippen LogP contribution in [0, 0.1) is 45.4 Å². The minimum absolute atomic E-state index is 0.0522. The second kappa shape index (κ2) is 12.7. The Morgan fingerprint density at radius 2 is 1.56 bits per heavy atom. The van der Waals surface area contributed by atoms with Gasteiger partial charge in [-0.3, -0.25) is 14.4 Å². The summed E-state index contributed by atoms with van der Waals surface area (Å²) in [6.45, 7) is 16.7. The number of H-pyrrole nitrogens is 3. The van der Waals surface area contributed by atoms with Gasteiger partial charge in [0.25, 0.3) is 0 Å². The largest absolute Gasteiger partial charge is 0.468 e. The highest BCUT2D eigenvalue weighted by Crippen LogP contribution is 2.48. The summed E-state index contributed by atoms with van der Waals surface area (Å²) in [6.07, 6.45) is 9.74. The number of carbonyl (C=O) groups is 3. The molecule has 3 atom stereocenters. The zero-order chi connectivity index (χ0) is 34.6. The number of fused-ring (bicyclic) bond motifs is 7. The number of hydrogen-bond acceptors (Lipinski definition) is 6. The van der Waals surface area contributed by atoms with Crippen molar-refractivity contribution >= 4 is 41.5 Å². The first-order valence-corrected chi connectivity index (χ1v) is 16.8. The predicted octanol–water partition coefficient (Wildman–Crippen LogP) is 5.32. The Balaban J connectivity index is 1.61. The van der Waals surface area contributed by atoms with Crippen LogP contribution in [0.2, 0.25) is 0 Å². The topological polar surface area (TPSA) is 129 Å². The van der Waals surface area contributed by atoms with Crippen molar-refractivity contribution in [2.75, 3.05) is 13.7 Å². The maximum atomic E-state index is 14.2. The van der Waals surface area contributed by atoms with Crippen LogP contribution >= 0.6 is 0 Å². The maximum absolute atomic E-state index is 14.2. The van der Waals surface area contributed by atoms with Crippen LogP contribution in [0.4, 0.5) is 0 Å². The van der Waals surface area contributed by atoms with Gasteiger partial charge in [0.15, 0.2) is 5.78 Å². The second-order valence-corrected chi connectivity index (χ2v) is 13.6. The third-order valence-electron chi connectivity index (χ3n) is 10.5. The molecule has 3 aromatic rings. The summed E-state index contributed by atoms with van der Waals surface area (Å²) in [7, 11) is 1.31. The van der Waals surface area contributed by atoms with Gasteiger partial charge in [-0.15, -0.1) is 0 Å². The molecule has 2 aliphatic heterocycles. The first-order chi connectivity index (χ1) is 22.9. The molecule has 8 bridgehead atoms. The van der Waals surface area contributed by atoms with Gasteiger partial charge in [-0.2, -0.15) is 0 Å². The molecule has 5 heterocycles. The number of allylic oxidation sites excluding steroid dienone is 3. The van der Waals surface area contributed by atoms with Crippen molar-refractivity contribution in [1.82, 2.24) is 20.3 Å². The standard InChI is InChI=1S/C39H46N4O5/c1-10-24-21(6)28-15-26-19(4)20(5)27(40-26)16-29-22(7)25(11-12-32(44)48-14-13-18(2)3)36(42-29)34-35(39(46)47-9)38(45)33-23(8)30(43-37(33)34)17-31(24)41-28/h13,15-17,22,25,35,40-43H,10-12,14H2,1-9H3/b28-15-,29-16-,31-17-,36-34-/t22-,25-,35+/m0/s1. The molecule has 252 valence electrons. The minimum Gasteiger partial charge on any atom is -0.468 e. The van der Waals surface area contributed by atoms with Crippen molar-refractivity contribution in [2.45, 2.75) is 74.7 Å². The maximum Gasteiger partial charge on any atom is 0.321 e. The van der Waals surface area contributed by atoms with Gasteiger partial charge >= 0.3 is 11.9 Å². The molecule has 3 aliphatic rings. The lowest BCUT2D eigenvalue weighted by Crippen LogP contribution is -2.25. The molecule has 1 saturated heterocycles. The highest BCUT2D eigenvalue weighted by molar-refractivity contribution is 6.24. The molecular formula is C39H46N4O5. The monoisotopic (exact) mass is 650 g/mol. The Hall–Kier alpha value is -4.79. The zero-order valence-corrected chi connectivity index (χ0v) is 29.4. The zero-order valence-electron chi connectivity index (χ0n) is 29.4. The number of aromatic nitrogens is 3. The Bertz CT molecular complexity index is 2070. The van der Waals surface area contributed by atoms with E-state index in [1.165, 1.54) is 18.2 Å². The molecule has 4 N–H and O–H groups in total. The molecule has 0 radical (unpaired) electrons. The van der Waals surface area contributed by atoms with Gasteiger partial charge in [0.05, 0.1) is 12.8 Å². The van der Waals surface area contributed by atoms with E-state index in [1.807, 2.05) is 26.8 Å². The predicted molar refractivity (Wildman–Crippen MR) is 187 cm³/mol. The van der Waals surface area contributed by atoms with Gasteiger partial charge in [0, 0.05) is 68.6 Å². The van der Waals surface area contributed by atoms with E-state index in [0.717, 1.165) is 67.9 Å². The molecule has 0 spiro atoms. The van der Waals surface area contributed by atoms with Crippen LogP contribution < -0.4 is 16.0 Å². The second-order valence-electron chi connectivity index (χ2n) is 13.6. The van der Waals surface area contributed by atoms with Crippen molar-refractivity contribution < 1.29 is 23.9 Å². The number of rotatable bonds is 7. The summed E-state index contributed by atoms with van der Waals surface area (Å²) in [4.78, 5) is 51.3. The van der Waals surface area contributed by atoms with Crippen molar-refractivity contribution in [1.29, 1.82) is 0 Å². The Morgan fingerprint density at radius 3 is 2.23 bits per heavy atom. The first-order valence-electron chi connectivity index (χ1n) is 16.8. The molecule has 9 nitrogen and oxygen atoms in total. The molecule has 9 heteroatoms. The van der Waals surface area contributed by atoms with Gasteiger partial charge in [-0.25, -0.2) is 0 Å². The van der Waals surface area contributed by atoms with Gasteiger partial charge in [0.2, 0.25) is 0 Å². The lowest BCUT2D eigenvalue weighted by molar-refractivity contribution is -0.143. The molecule has 0 unspecified atom stereocenters. The fourth-order valence-corrected chi connectivity index (χ4v) is 7.50. The molecule has 6 rings (SSSR count). The van der Waals surface area contributed by atoms with Crippen molar-refractivity contribution in [2.24, 2.45) is 17.8 Å². The minimum atomic E-state index is -1.12. The highest BCUT2D eigenvalue weighted by atomic mass is 16.5. The number of hydrogen-bond donors (Lipinski definition) is 4. The summed E-state index contributed by atoms with van der Waals surface area (Å²) in [6, 6.07) is 0. The summed E-state index contributed by atoms with van der Waals surface area (Å²) >= 11 is 0. The van der Waals surface area contributed by atoms with E-state index in [1.54, 1.807) is 0 Å². The molecule has 3 aromatic heterocycles. The van der Waals surface area contributed by atoms with Crippen molar-refractivity contribution in [3.05, 3.63) is 89.9 Å². The molecule has 1 aliphatic carbocycles. The average molecular weight is 651 g/mol. The van der Waals surface area contributed by atoms with Crippen LogP contribution in [0.15, 0.2) is 23.0 Å². The molecule has 1 fully saturated rings. The smallest absolute Gasteiger partial charge is 0.321 e. The number of ketones is 1. The fraction of sp³-hybridized carbons (Fsp3) is 0.410. The van der Waals surface area contributed by atoms with E-state index in [-0.39, 0.29) is 36.6 Å². The SMILES string of the molecule is CCc1c(C)/c2[nH]/c1=C\c1[nH]c3c(c1C)C(=O)[C@H](C(=O)OC)/C3=C1/N/C(=C\c3[nH]c(c(C)c3C)\C=2)[C@@H](C)[C@@H]1CCC(=O)OCC=C(C)C. The lowest BCUT2D eigenvalue weighted by Gasteiger charge is -2.19. The number of ether oxygens (including phenoxy) is 2. The van der Waals surface area contributed by atoms with Crippen LogP contribution in [-0.4, -0.2) is 46.4 Å². The molecule has 48 heavy (non-hydrogen) atoms. The average Bonchev–Trinajstić information content (AvgIpc) is 3.78. The van der Waals surface area contributed by atoms with Crippen LogP contribution in [-0.2, 0) is 25.5 Å². The molecule has 0 aromatic carbocycles. The Morgan fingerprint density at radius 1 is 0.896 bits per heavy atom. The van der Waals surface area contributed by atoms with Gasteiger partial charge in [-0.05, 0) is 107 Å². The lowest BCUT2D eigenvalue weighted by atomic mass is 9.85. The number of aromatic amines is 3. The Kier molecular flexibility index (Phi) is 8.75. The molecular weight excluding hydrogens is 604 g/mol. The van der Waals surface area contributed by atoms with Crippen LogP contribution in [0.5, 0.6) is 0 Å². The van der Waals surface area contributed by atoms with E-state index in [4.69, 9.17) is 9.47 Å². The van der Waals surface area contributed by atoms with Gasteiger partial charge in [0.1, 0.15) is 12.5 Å². The van der Waals surface area contributed by atoms with Crippen LogP contribution in [0.1, 0.15) is 101 Å². The summed E-state index contributed by atoms with van der Waals surface area (Å²) < 4.78 is 10.7. The van der Waals surface area contributed by atoms with Gasteiger partial charge < -0.3 is 29.7 Å². The summed E-state index contributed by atoms with van der Waals surface area (Å²) in [5.74, 6) is -2.54. The summed E-state index contributed by atoms with van der Waals surface area (Å²) in [5.41, 5.74) is 12.8. The van der Waals surface area contributed by atoms with E-state index >= 15 is 0 Å². The highest BCUT2D eigenvalue weighted by Gasteiger charge is 2.48. The fourth-order valence-electron chi connectivity index (χ4n) is 7.50. The van der Waals surface area contributed by atoms with E-state index in [2.05, 4.69) is 73.1 Å². The third-order valence-corrected chi connectivity index (χ3v) is 10.5. The van der Waals surface area contributed by atoms with Crippen molar-refractivity contribution in [3.8, 4) is 0 Å². The number of carbonyl (C=O) groups excluding carboxylic acids is 3. The van der Waals surface area contributed by atoms with Crippen LogP contribution in [0.25, 0.3) is 23.8 Å². The first kappa shape index (κ1) is 33.1. The summed E-state index contributed by atoms with van der Waals surface area (Å²) in [5, 5.41) is 5.66. The number of esters is 2. The van der Waals surface area contributed by atoms with E-state index in [0.29, 0.717) is 23.3 Å². The quantitative estimate of drug-likeness (QED) is 0.156.